The zero-order valence-corrected chi connectivity index (χ0v) is 11.9. The Morgan fingerprint density at radius 1 is 1.28 bits per heavy atom. The summed E-state index contributed by atoms with van der Waals surface area (Å²) in [6.07, 6.45) is 8.07. The first-order valence-electron chi connectivity index (χ1n) is 7.09. The summed E-state index contributed by atoms with van der Waals surface area (Å²) in [4.78, 5) is 0. The lowest BCUT2D eigenvalue weighted by Crippen LogP contribution is -2.27. The Labute approximate surface area is 114 Å². The second-order valence-corrected chi connectivity index (χ2v) is 6.23. The molecule has 0 spiro atoms. The second kappa shape index (κ2) is 6.72. The van der Waals surface area contributed by atoms with Crippen LogP contribution in [0.1, 0.15) is 45.4 Å². The minimum absolute atomic E-state index is 0.0392. The molecule has 102 valence electrons. The van der Waals surface area contributed by atoms with Gasteiger partial charge in [-0.05, 0) is 49.3 Å². The zero-order valence-electron chi connectivity index (χ0n) is 11.1. The third kappa shape index (κ3) is 4.10. The summed E-state index contributed by atoms with van der Waals surface area (Å²) in [5.41, 5.74) is 0.935. The number of hydrogen-bond donors (Lipinski definition) is 1. The summed E-state index contributed by atoms with van der Waals surface area (Å²) >= 11 is 6.12. The molecule has 0 heterocycles. The van der Waals surface area contributed by atoms with E-state index in [-0.39, 0.29) is 5.83 Å². The van der Waals surface area contributed by atoms with Gasteiger partial charge in [0.2, 0.25) is 0 Å². The van der Waals surface area contributed by atoms with Gasteiger partial charge < -0.3 is 5.32 Å². The molecular formula is C15H23ClFN. The van der Waals surface area contributed by atoms with Crippen molar-refractivity contribution in [1.82, 2.24) is 5.32 Å². The summed E-state index contributed by atoms with van der Waals surface area (Å²) in [6, 6.07) is 0. The van der Waals surface area contributed by atoms with Crippen LogP contribution >= 0.6 is 11.6 Å². The normalized spacial score (nSPS) is 29.4. The van der Waals surface area contributed by atoms with Gasteiger partial charge in [0.05, 0.1) is 0 Å². The van der Waals surface area contributed by atoms with E-state index in [9.17, 15) is 4.39 Å². The van der Waals surface area contributed by atoms with Gasteiger partial charge in [-0.3, -0.25) is 0 Å². The minimum atomic E-state index is -0.0392. The van der Waals surface area contributed by atoms with Crippen molar-refractivity contribution in [3.05, 3.63) is 22.5 Å². The smallest absolute Gasteiger partial charge is 0.101 e. The Bertz CT molecular complexity index is 340. The van der Waals surface area contributed by atoms with Gasteiger partial charge in [-0.2, -0.15) is 0 Å². The number of rotatable bonds is 4. The van der Waals surface area contributed by atoms with Crippen molar-refractivity contribution in [3.63, 3.8) is 0 Å². The summed E-state index contributed by atoms with van der Waals surface area (Å²) in [5, 5.41) is 4.26. The van der Waals surface area contributed by atoms with Crippen LogP contribution in [0, 0.1) is 11.8 Å². The highest BCUT2D eigenvalue weighted by molar-refractivity contribution is 6.30. The fraction of sp³-hybridized carbons (Fsp3) is 0.733. The SMILES string of the molecule is CC1CCC(CNCC2=C(Cl)CCC(F)=C2)CC1. The van der Waals surface area contributed by atoms with Crippen LogP contribution in [0.3, 0.4) is 0 Å². The molecule has 0 aromatic carbocycles. The van der Waals surface area contributed by atoms with Gasteiger partial charge in [0.25, 0.3) is 0 Å². The number of halogens is 2. The number of hydrogen-bond acceptors (Lipinski definition) is 1. The molecule has 2 aliphatic carbocycles. The Hall–Kier alpha value is -0.340. The highest BCUT2D eigenvalue weighted by Gasteiger charge is 2.18. The maximum absolute atomic E-state index is 13.2. The first-order valence-corrected chi connectivity index (χ1v) is 7.47. The number of nitrogens with one attached hydrogen (secondary N) is 1. The lowest BCUT2D eigenvalue weighted by molar-refractivity contribution is 0.284. The van der Waals surface area contributed by atoms with E-state index in [0.29, 0.717) is 19.4 Å². The lowest BCUT2D eigenvalue weighted by Gasteiger charge is -2.26. The molecule has 0 radical (unpaired) electrons. The van der Waals surface area contributed by atoms with E-state index >= 15 is 0 Å². The van der Waals surface area contributed by atoms with Gasteiger partial charge in [0.1, 0.15) is 5.83 Å². The standard InChI is InChI=1S/C15H23ClFN/c1-11-2-4-12(5-3-11)9-18-10-13-8-14(17)6-7-15(13)16/h8,11-12,18H,2-7,9-10H2,1H3. The topological polar surface area (TPSA) is 12.0 Å². The molecule has 0 amide bonds. The molecule has 2 rings (SSSR count). The summed E-state index contributed by atoms with van der Waals surface area (Å²) in [6.45, 7) is 4.08. The maximum atomic E-state index is 13.2. The molecule has 0 unspecified atom stereocenters. The van der Waals surface area contributed by atoms with Gasteiger partial charge in [-0.25, -0.2) is 4.39 Å². The predicted molar refractivity (Wildman–Crippen MR) is 75.3 cm³/mol. The highest BCUT2D eigenvalue weighted by atomic mass is 35.5. The second-order valence-electron chi connectivity index (χ2n) is 5.78. The molecule has 1 nitrogen and oxygen atoms in total. The Morgan fingerprint density at radius 3 is 2.72 bits per heavy atom. The third-order valence-electron chi connectivity index (χ3n) is 4.15. The van der Waals surface area contributed by atoms with E-state index < -0.39 is 0 Å². The first-order chi connectivity index (χ1) is 8.65. The molecule has 18 heavy (non-hydrogen) atoms. The van der Waals surface area contributed by atoms with Crippen molar-refractivity contribution in [3.8, 4) is 0 Å². The molecule has 0 atom stereocenters. The fourth-order valence-corrected chi connectivity index (χ4v) is 3.04. The third-order valence-corrected chi connectivity index (χ3v) is 4.58. The van der Waals surface area contributed by atoms with E-state index in [0.717, 1.165) is 29.0 Å². The summed E-state index contributed by atoms with van der Waals surface area (Å²) in [5.74, 6) is 1.65. The van der Waals surface area contributed by atoms with Gasteiger partial charge in [-0.1, -0.05) is 31.4 Å². The summed E-state index contributed by atoms with van der Waals surface area (Å²) < 4.78 is 13.2. The number of allylic oxidation sites excluding steroid dienone is 2. The lowest BCUT2D eigenvalue weighted by atomic mass is 9.83. The Kier molecular flexibility index (Phi) is 5.25. The van der Waals surface area contributed by atoms with Crippen molar-refractivity contribution in [2.45, 2.75) is 45.4 Å². The van der Waals surface area contributed by atoms with Gasteiger partial charge >= 0.3 is 0 Å². The summed E-state index contributed by atoms with van der Waals surface area (Å²) in [7, 11) is 0. The van der Waals surface area contributed by atoms with Crippen molar-refractivity contribution < 1.29 is 4.39 Å². The highest BCUT2D eigenvalue weighted by Crippen LogP contribution is 2.29. The van der Waals surface area contributed by atoms with Crippen LogP contribution in [0.2, 0.25) is 0 Å². The van der Waals surface area contributed by atoms with Gasteiger partial charge in [0.15, 0.2) is 0 Å². The van der Waals surface area contributed by atoms with Crippen LogP contribution in [0.25, 0.3) is 0 Å². The Morgan fingerprint density at radius 2 is 2.00 bits per heavy atom. The molecule has 0 saturated heterocycles. The van der Waals surface area contributed by atoms with Crippen molar-refractivity contribution in [1.29, 1.82) is 0 Å². The van der Waals surface area contributed by atoms with Crippen LogP contribution in [-0.2, 0) is 0 Å². The quantitative estimate of drug-likeness (QED) is 0.791. The average molecular weight is 272 g/mol. The molecule has 1 fully saturated rings. The van der Waals surface area contributed by atoms with Crippen molar-refractivity contribution in [2.24, 2.45) is 11.8 Å². The molecule has 0 aliphatic heterocycles. The van der Waals surface area contributed by atoms with Crippen LogP contribution in [0.15, 0.2) is 22.5 Å². The maximum Gasteiger partial charge on any atom is 0.101 e. The molecule has 0 aromatic rings. The molecule has 0 bridgehead atoms. The first kappa shape index (κ1) is 14.1. The van der Waals surface area contributed by atoms with Crippen LogP contribution < -0.4 is 5.32 Å². The van der Waals surface area contributed by atoms with Gasteiger partial charge in [0, 0.05) is 18.0 Å². The largest absolute Gasteiger partial charge is 0.312 e. The van der Waals surface area contributed by atoms with E-state index in [4.69, 9.17) is 11.6 Å². The van der Waals surface area contributed by atoms with Crippen molar-refractivity contribution in [2.75, 3.05) is 13.1 Å². The minimum Gasteiger partial charge on any atom is -0.312 e. The van der Waals surface area contributed by atoms with E-state index in [1.165, 1.54) is 25.7 Å². The van der Waals surface area contributed by atoms with Crippen molar-refractivity contribution >= 4 is 11.6 Å². The zero-order chi connectivity index (χ0) is 13.0. The predicted octanol–water partition coefficient (Wildman–Crippen LogP) is 4.54. The molecule has 1 saturated carbocycles. The van der Waals surface area contributed by atoms with E-state index in [1.54, 1.807) is 6.08 Å². The van der Waals surface area contributed by atoms with Gasteiger partial charge in [-0.15, -0.1) is 0 Å². The molecule has 3 heteroatoms. The average Bonchev–Trinajstić information content (AvgIpc) is 2.36. The van der Waals surface area contributed by atoms with Crippen LogP contribution in [0.5, 0.6) is 0 Å². The fourth-order valence-electron chi connectivity index (χ4n) is 2.82. The van der Waals surface area contributed by atoms with E-state index in [1.807, 2.05) is 0 Å². The van der Waals surface area contributed by atoms with E-state index in [2.05, 4.69) is 12.2 Å². The molecule has 0 aromatic heterocycles. The molecule has 1 N–H and O–H groups in total. The molecule has 2 aliphatic rings. The van der Waals surface area contributed by atoms with Crippen LogP contribution in [-0.4, -0.2) is 13.1 Å². The van der Waals surface area contributed by atoms with Crippen LogP contribution in [0.4, 0.5) is 4.39 Å². The monoisotopic (exact) mass is 271 g/mol. The molecular weight excluding hydrogens is 249 g/mol. The Balaban J connectivity index is 1.72.